The molecule has 1 rings (SSSR count). The number of hydrogen-bond donors (Lipinski definition) is 3. The summed E-state index contributed by atoms with van der Waals surface area (Å²) >= 11 is 0. The first-order valence-corrected chi connectivity index (χ1v) is 6.16. The summed E-state index contributed by atoms with van der Waals surface area (Å²) in [6.07, 6.45) is -2.25. The highest BCUT2D eigenvalue weighted by molar-refractivity contribution is 5.80. The van der Waals surface area contributed by atoms with Crippen molar-refractivity contribution < 1.29 is 24.5 Å². The molecule has 0 fully saturated rings. The number of aliphatic carboxylic acids is 1. The molecule has 0 aromatic heterocycles. The third kappa shape index (κ3) is 4.89. The van der Waals surface area contributed by atoms with Crippen LogP contribution in [0.4, 0.5) is 4.79 Å². The zero-order valence-electron chi connectivity index (χ0n) is 11.7. The van der Waals surface area contributed by atoms with Gasteiger partial charge in [-0.3, -0.25) is 0 Å². The number of carboxylic acids is 1. The van der Waals surface area contributed by atoms with E-state index in [1.165, 1.54) is 0 Å². The minimum Gasteiger partial charge on any atom is -0.480 e. The lowest BCUT2D eigenvalue weighted by Crippen LogP contribution is -2.46. The molecule has 6 nitrogen and oxygen atoms in total. The number of ether oxygens (including phenoxy) is 1. The number of amides is 1. The van der Waals surface area contributed by atoms with Gasteiger partial charge in [0.2, 0.25) is 0 Å². The van der Waals surface area contributed by atoms with Gasteiger partial charge in [-0.25, -0.2) is 9.59 Å². The smallest absolute Gasteiger partial charge is 0.408 e. The van der Waals surface area contributed by atoms with Crippen LogP contribution in [-0.4, -0.2) is 33.9 Å². The molecule has 0 spiro atoms. The van der Waals surface area contributed by atoms with Crippen molar-refractivity contribution in [3.63, 3.8) is 0 Å². The van der Waals surface area contributed by atoms with Crippen LogP contribution in [0, 0.1) is 0 Å². The van der Waals surface area contributed by atoms with Crippen molar-refractivity contribution in [1.29, 1.82) is 0 Å². The van der Waals surface area contributed by atoms with Crippen LogP contribution in [-0.2, 0) is 9.53 Å². The first kappa shape index (κ1) is 16.0. The number of alkyl carbamates (subject to hydrolysis) is 1. The molecular weight excluding hydrogens is 262 g/mol. The fourth-order valence-electron chi connectivity index (χ4n) is 1.55. The molecule has 1 amide bonds. The van der Waals surface area contributed by atoms with Crippen molar-refractivity contribution in [2.45, 2.75) is 38.5 Å². The van der Waals surface area contributed by atoms with Gasteiger partial charge < -0.3 is 20.3 Å². The number of carbonyl (C=O) groups is 2. The SMILES string of the molecule is CC(C)(C)OC(=O)N[C@H](C(=O)O)C(O)c1ccccc1. The summed E-state index contributed by atoms with van der Waals surface area (Å²) in [4.78, 5) is 22.8. The van der Waals surface area contributed by atoms with E-state index in [0.717, 1.165) is 0 Å². The standard InChI is InChI=1S/C14H19NO5/c1-14(2,3)20-13(19)15-10(12(17)18)11(16)9-7-5-4-6-8-9/h4-8,10-11,16H,1-3H3,(H,15,19)(H,17,18)/t10-,11?/m0/s1. The van der Waals surface area contributed by atoms with Crippen molar-refractivity contribution in [2.75, 3.05) is 0 Å². The van der Waals surface area contributed by atoms with Gasteiger partial charge in [0.15, 0.2) is 6.04 Å². The third-order valence-corrected chi connectivity index (χ3v) is 2.40. The quantitative estimate of drug-likeness (QED) is 0.780. The summed E-state index contributed by atoms with van der Waals surface area (Å²) in [5.74, 6) is -1.34. The van der Waals surface area contributed by atoms with Crippen LogP contribution >= 0.6 is 0 Å². The molecule has 0 radical (unpaired) electrons. The zero-order chi connectivity index (χ0) is 15.3. The highest BCUT2D eigenvalue weighted by atomic mass is 16.6. The van der Waals surface area contributed by atoms with E-state index in [1.807, 2.05) is 0 Å². The number of nitrogens with one attached hydrogen (secondary N) is 1. The van der Waals surface area contributed by atoms with Gasteiger partial charge in [-0.15, -0.1) is 0 Å². The molecule has 1 aromatic rings. The molecular formula is C14H19NO5. The van der Waals surface area contributed by atoms with E-state index >= 15 is 0 Å². The number of aliphatic hydroxyl groups excluding tert-OH is 1. The maximum Gasteiger partial charge on any atom is 0.408 e. The van der Waals surface area contributed by atoms with Crippen molar-refractivity contribution in [3.05, 3.63) is 35.9 Å². The minimum atomic E-state index is -1.48. The molecule has 20 heavy (non-hydrogen) atoms. The van der Waals surface area contributed by atoms with Crippen LogP contribution < -0.4 is 5.32 Å². The average Bonchev–Trinajstić information content (AvgIpc) is 2.34. The Labute approximate surface area is 117 Å². The van der Waals surface area contributed by atoms with E-state index in [9.17, 15) is 14.7 Å². The average molecular weight is 281 g/mol. The minimum absolute atomic E-state index is 0.399. The predicted octanol–water partition coefficient (Wildman–Crippen LogP) is 1.70. The van der Waals surface area contributed by atoms with Crippen LogP contribution in [0.5, 0.6) is 0 Å². The second kappa shape index (κ2) is 6.38. The number of rotatable bonds is 4. The number of carboxylic acid groups (broad SMARTS) is 1. The third-order valence-electron chi connectivity index (χ3n) is 2.40. The Hall–Kier alpha value is -2.08. The highest BCUT2D eigenvalue weighted by Crippen LogP contribution is 2.17. The number of hydrogen-bond acceptors (Lipinski definition) is 4. The van der Waals surface area contributed by atoms with Crippen LogP contribution in [0.2, 0.25) is 0 Å². The summed E-state index contributed by atoms with van der Waals surface area (Å²) in [5, 5.41) is 21.3. The van der Waals surface area contributed by atoms with Gasteiger partial charge in [0.1, 0.15) is 11.7 Å². The van der Waals surface area contributed by atoms with Gasteiger partial charge in [-0.1, -0.05) is 30.3 Å². The first-order valence-electron chi connectivity index (χ1n) is 6.16. The Morgan fingerprint density at radius 3 is 2.20 bits per heavy atom. The van der Waals surface area contributed by atoms with E-state index in [4.69, 9.17) is 9.84 Å². The summed E-state index contributed by atoms with van der Waals surface area (Å²) in [7, 11) is 0. The summed E-state index contributed by atoms with van der Waals surface area (Å²) in [6, 6.07) is 6.77. The van der Waals surface area contributed by atoms with E-state index < -0.39 is 29.8 Å². The maximum atomic E-state index is 11.6. The Morgan fingerprint density at radius 2 is 1.75 bits per heavy atom. The van der Waals surface area contributed by atoms with Crippen molar-refractivity contribution >= 4 is 12.1 Å². The van der Waals surface area contributed by atoms with Gasteiger partial charge in [0, 0.05) is 0 Å². The number of aliphatic hydroxyl groups is 1. The van der Waals surface area contributed by atoms with Crippen LogP contribution in [0.1, 0.15) is 32.4 Å². The fourth-order valence-corrected chi connectivity index (χ4v) is 1.55. The van der Waals surface area contributed by atoms with Gasteiger partial charge in [0.05, 0.1) is 0 Å². The Kier molecular flexibility index (Phi) is 5.10. The normalized spacial score (nSPS) is 14.2. The Morgan fingerprint density at radius 1 is 1.20 bits per heavy atom. The van der Waals surface area contributed by atoms with Gasteiger partial charge in [0.25, 0.3) is 0 Å². The molecule has 0 bridgehead atoms. The van der Waals surface area contributed by atoms with Crippen molar-refractivity contribution in [2.24, 2.45) is 0 Å². The molecule has 0 aliphatic rings. The van der Waals surface area contributed by atoms with Crippen molar-refractivity contribution in [1.82, 2.24) is 5.32 Å². The van der Waals surface area contributed by atoms with Gasteiger partial charge in [-0.2, -0.15) is 0 Å². The summed E-state index contributed by atoms with van der Waals surface area (Å²) < 4.78 is 4.98. The summed E-state index contributed by atoms with van der Waals surface area (Å²) in [5.41, 5.74) is -0.346. The first-order chi connectivity index (χ1) is 9.20. The lowest BCUT2D eigenvalue weighted by molar-refractivity contribution is -0.142. The molecule has 3 N–H and O–H groups in total. The molecule has 0 saturated carbocycles. The van der Waals surface area contributed by atoms with Crippen LogP contribution in [0.25, 0.3) is 0 Å². The van der Waals surface area contributed by atoms with Crippen molar-refractivity contribution in [3.8, 4) is 0 Å². The molecule has 2 atom stereocenters. The number of carbonyl (C=O) groups excluding carboxylic acids is 1. The predicted molar refractivity (Wildman–Crippen MR) is 72.2 cm³/mol. The largest absolute Gasteiger partial charge is 0.480 e. The molecule has 0 aliphatic heterocycles. The molecule has 0 aliphatic carbocycles. The lowest BCUT2D eigenvalue weighted by Gasteiger charge is -2.24. The Bertz CT molecular complexity index is 466. The number of benzene rings is 1. The van der Waals surface area contributed by atoms with E-state index in [0.29, 0.717) is 5.56 Å². The lowest BCUT2D eigenvalue weighted by atomic mass is 10.0. The zero-order valence-corrected chi connectivity index (χ0v) is 11.7. The van der Waals surface area contributed by atoms with Crippen LogP contribution in [0.15, 0.2) is 30.3 Å². The molecule has 6 heteroatoms. The Balaban J connectivity index is 2.80. The fraction of sp³-hybridized carbons (Fsp3) is 0.429. The summed E-state index contributed by atoms with van der Waals surface area (Å²) in [6.45, 7) is 4.99. The molecule has 0 heterocycles. The second-order valence-electron chi connectivity index (χ2n) is 5.32. The monoisotopic (exact) mass is 281 g/mol. The van der Waals surface area contributed by atoms with Crippen LogP contribution in [0.3, 0.4) is 0 Å². The topological polar surface area (TPSA) is 95.9 Å². The van der Waals surface area contributed by atoms with Gasteiger partial charge in [-0.05, 0) is 26.3 Å². The van der Waals surface area contributed by atoms with E-state index in [1.54, 1.807) is 51.1 Å². The molecule has 1 unspecified atom stereocenters. The highest BCUT2D eigenvalue weighted by Gasteiger charge is 2.31. The molecule has 1 aromatic carbocycles. The molecule has 110 valence electrons. The van der Waals surface area contributed by atoms with Gasteiger partial charge >= 0.3 is 12.1 Å². The molecule has 0 saturated heterocycles. The van der Waals surface area contributed by atoms with E-state index in [-0.39, 0.29) is 0 Å². The second-order valence-corrected chi connectivity index (χ2v) is 5.32. The van der Waals surface area contributed by atoms with E-state index in [2.05, 4.69) is 5.32 Å². The maximum absolute atomic E-state index is 11.6.